The smallest absolute Gasteiger partial charge is 0.0918 e. The maximum Gasteiger partial charge on any atom is 0.0918 e. The number of hydrogen-bond acceptors (Lipinski definition) is 1. The lowest BCUT2D eigenvalue weighted by molar-refractivity contribution is 1.52. The Kier molecular flexibility index (Phi) is 3.31. The summed E-state index contributed by atoms with van der Waals surface area (Å²) in [6.07, 6.45) is 1.62. The van der Waals surface area contributed by atoms with Crippen molar-refractivity contribution < 1.29 is 0 Å². The highest BCUT2D eigenvalue weighted by Gasteiger charge is 2.08. The molecule has 0 heterocycles. The van der Waals surface area contributed by atoms with Gasteiger partial charge < -0.3 is 0 Å². The minimum absolute atomic E-state index is 0.963. The van der Waals surface area contributed by atoms with Crippen molar-refractivity contribution in [3.63, 3.8) is 0 Å². The van der Waals surface area contributed by atoms with E-state index in [2.05, 4.69) is 30.3 Å². The number of rotatable bonds is 2. The molecule has 0 aliphatic carbocycles. The van der Waals surface area contributed by atoms with Crippen LogP contribution in [-0.2, 0) is 0 Å². The summed E-state index contributed by atoms with van der Waals surface area (Å²) >= 11 is 0. The van der Waals surface area contributed by atoms with Crippen LogP contribution in [0.2, 0.25) is 0 Å². The lowest BCUT2D eigenvalue weighted by atomic mass is 9.93. The number of nitriles is 1. The van der Waals surface area contributed by atoms with Crippen LogP contribution in [0.15, 0.2) is 78.9 Å². The summed E-state index contributed by atoms with van der Waals surface area (Å²) in [5.74, 6) is 0. The molecule has 0 radical (unpaired) electrons. The second kappa shape index (κ2) is 5.42. The van der Waals surface area contributed by atoms with Gasteiger partial charge in [0.1, 0.15) is 0 Å². The Morgan fingerprint density at radius 3 is 2.30 bits per heavy atom. The van der Waals surface area contributed by atoms with E-state index in [1.165, 1.54) is 10.8 Å². The van der Waals surface area contributed by atoms with Gasteiger partial charge in [-0.3, -0.25) is 0 Å². The van der Waals surface area contributed by atoms with Gasteiger partial charge in [0, 0.05) is 6.08 Å². The van der Waals surface area contributed by atoms with Crippen LogP contribution in [0, 0.1) is 11.3 Å². The van der Waals surface area contributed by atoms with Crippen molar-refractivity contribution in [1.82, 2.24) is 0 Å². The van der Waals surface area contributed by atoms with Crippen molar-refractivity contribution in [3.05, 3.63) is 90.0 Å². The van der Waals surface area contributed by atoms with Gasteiger partial charge in [-0.1, -0.05) is 72.8 Å². The van der Waals surface area contributed by atoms with E-state index < -0.39 is 0 Å². The summed E-state index contributed by atoms with van der Waals surface area (Å²) in [6.45, 7) is 0. The van der Waals surface area contributed by atoms with E-state index >= 15 is 0 Å². The van der Waals surface area contributed by atoms with Crippen molar-refractivity contribution >= 4 is 16.3 Å². The molecule has 20 heavy (non-hydrogen) atoms. The predicted octanol–water partition coefficient (Wildman–Crippen LogP) is 4.80. The summed E-state index contributed by atoms with van der Waals surface area (Å²) in [7, 11) is 0. The zero-order chi connectivity index (χ0) is 13.8. The average molecular weight is 255 g/mol. The van der Waals surface area contributed by atoms with Gasteiger partial charge in [-0.25, -0.2) is 0 Å². The minimum atomic E-state index is 0.963. The molecule has 0 aliphatic rings. The SMILES string of the molecule is N#C/C=C(\c1ccccc1)c1cccc2ccccc12. The topological polar surface area (TPSA) is 23.8 Å². The van der Waals surface area contributed by atoms with Gasteiger partial charge in [0.05, 0.1) is 6.07 Å². The second-order valence-corrected chi connectivity index (χ2v) is 4.58. The normalized spacial score (nSPS) is 11.2. The van der Waals surface area contributed by atoms with Crippen molar-refractivity contribution in [2.75, 3.05) is 0 Å². The first-order valence-electron chi connectivity index (χ1n) is 6.53. The van der Waals surface area contributed by atoms with Crippen molar-refractivity contribution in [2.45, 2.75) is 0 Å². The van der Waals surface area contributed by atoms with Crippen LogP contribution >= 0.6 is 0 Å². The first-order chi connectivity index (χ1) is 9.90. The van der Waals surface area contributed by atoms with Gasteiger partial charge in [-0.2, -0.15) is 5.26 Å². The van der Waals surface area contributed by atoms with E-state index in [0.29, 0.717) is 0 Å². The highest BCUT2D eigenvalue weighted by Crippen LogP contribution is 2.29. The molecule has 0 aromatic heterocycles. The molecule has 0 saturated heterocycles. The van der Waals surface area contributed by atoms with Gasteiger partial charge in [-0.05, 0) is 27.5 Å². The molecular formula is C19H13N. The molecule has 0 fully saturated rings. The summed E-state index contributed by atoms with van der Waals surface area (Å²) < 4.78 is 0. The Bertz CT molecular complexity index is 803. The summed E-state index contributed by atoms with van der Waals surface area (Å²) in [6, 6.07) is 26.6. The fourth-order valence-electron chi connectivity index (χ4n) is 2.46. The number of allylic oxidation sites excluding steroid dienone is 1. The van der Waals surface area contributed by atoms with Crippen LogP contribution in [0.1, 0.15) is 11.1 Å². The van der Waals surface area contributed by atoms with E-state index in [1.54, 1.807) is 6.08 Å². The average Bonchev–Trinajstić information content (AvgIpc) is 2.53. The lowest BCUT2D eigenvalue weighted by Gasteiger charge is -2.10. The number of fused-ring (bicyclic) bond motifs is 1. The maximum absolute atomic E-state index is 9.10. The molecule has 0 saturated carbocycles. The van der Waals surface area contributed by atoms with E-state index in [-0.39, 0.29) is 0 Å². The highest BCUT2D eigenvalue weighted by atomic mass is 14.2. The number of benzene rings is 3. The molecular weight excluding hydrogens is 242 g/mol. The summed E-state index contributed by atoms with van der Waals surface area (Å²) in [4.78, 5) is 0. The molecule has 0 N–H and O–H groups in total. The zero-order valence-electron chi connectivity index (χ0n) is 11.0. The van der Waals surface area contributed by atoms with Gasteiger partial charge >= 0.3 is 0 Å². The first-order valence-corrected chi connectivity index (χ1v) is 6.53. The van der Waals surface area contributed by atoms with Crippen molar-refractivity contribution in [1.29, 1.82) is 5.26 Å². The molecule has 0 bridgehead atoms. The molecule has 3 aromatic carbocycles. The fourth-order valence-corrected chi connectivity index (χ4v) is 2.46. The van der Waals surface area contributed by atoms with Crippen LogP contribution in [0.5, 0.6) is 0 Å². The molecule has 0 unspecified atom stereocenters. The number of hydrogen-bond donors (Lipinski definition) is 0. The quantitative estimate of drug-likeness (QED) is 0.604. The van der Waals surface area contributed by atoms with Crippen LogP contribution in [0.4, 0.5) is 0 Å². The van der Waals surface area contributed by atoms with E-state index in [9.17, 15) is 0 Å². The van der Waals surface area contributed by atoms with Crippen molar-refractivity contribution in [2.24, 2.45) is 0 Å². The van der Waals surface area contributed by atoms with Crippen molar-refractivity contribution in [3.8, 4) is 6.07 Å². The second-order valence-electron chi connectivity index (χ2n) is 4.58. The zero-order valence-corrected chi connectivity index (χ0v) is 11.0. The van der Waals surface area contributed by atoms with Crippen LogP contribution < -0.4 is 0 Å². The highest BCUT2D eigenvalue weighted by molar-refractivity contribution is 5.98. The predicted molar refractivity (Wildman–Crippen MR) is 83.1 cm³/mol. The van der Waals surface area contributed by atoms with Gasteiger partial charge in [0.15, 0.2) is 0 Å². The summed E-state index contributed by atoms with van der Waals surface area (Å²) in [5.41, 5.74) is 3.12. The molecule has 3 aromatic rings. The Labute approximate surface area is 118 Å². The largest absolute Gasteiger partial charge is 0.193 e. The lowest BCUT2D eigenvalue weighted by Crippen LogP contribution is -1.89. The molecule has 3 rings (SSSR count). The minimum Gasteiger partial charge on any atom is -0.193 e. The van der Waals surface area contributed by atoms with E-state index in [1.807, 2.05) is 48.5 Å². The number of nitrogens with zero attached hydrogens (tertiary/aromatic N) is 1. The van der Waals surface area contributed by atoms with E-state index in [4.69, 9.17) is 5.26 Å². The summed E-state index contributed by atoms with van der Waals surface area (Å²) in [5, 5.41) is 11.5. The Morgan fingerprint density at radius 1 is 0.800 bits per heavy atom. The van der Waals surface area contributed by atoms with Crippen LogP contribution in [0.3, 0.4) is 0 Å². The van der Waals surface area contributed by atoms with Crippen LogP contribution in [-0.4, -0.2) is 0 Å². The molecule has 0 amide bonds. The first kappa shape index (κ1) is 12.2. The maximum atomic E-state index is 9.10. The molecule has 0 atom stereocenters. The fraction of sp³-hybridized carbons (Fsp3) is 0. The standard InChI is InChI=1S/C19H13N/c20-14-13-18(15-7-2-1-3-8-15)19-12-6-10-16-9-4-5-11-17(16)19/h1-13H/b18-13+. The van der Waals surface area contributed by atoms with Gasteiger partial charge in [-0.15, -0.1) is 0 Å². The Balaban J connectivity index is 2.27. The molecule has 94 valence electrons. The van der Waals surface area contributed by atoms with Gasteiger partial charge in [0.25, 0.3) is 0 Å². The monoisotopic (exact) mass is 255 g/mol. The van der Waals surface area contributed by atoms with E-state index in [0.717, 1.165) is 16.7 Å². The van der Waals surface area contributed by atoms with Crippen LogP contribution in [0.25, 0.3) is 16.3 Å². The third-order valence-electron chi connectivity index (χ3n) is 3.37. The molecule has 1 heteroatoms. The van der Waals surface area contributed by atoms with Gasteiger partial charge in [0.2, 0.25) is 0 Å². The Morgan fingerprint density at radius 2 is 1.50 bits per heavy atom. The third kappa shape index (κ3) is 2.20. The third-order valence-corrected chi connectivity index (χ3v) is 3.37. The molecule has 0 spiro atoms. The molecule has 0 aliphatic heterocycles. The Hall–Kier alpha value is -2.85. The molecule has 1 nitrogen and oxygen atoms in total.